The van der Waals surface area contributed by atoms with E-state index >= 15 is 0 Å². The van der Waals surface area contributed by atoms with Crippen LogP contribution in [-0.4, -0.2) is 21.7 Å². The van der Waals surface area contributed by atoms with Gasteiger partial charge in [-0.3, -0.25) is 4.98 Å². The molecule has 0 amide bonds. The van der Waals surface area contributed by atoms with E-state index in [0.717, 1.165) is 38.1 Å². The largest absolute Gasteiger partial charge is 0.340 e. The number of nitrogens with one attached hydrogen (secondary N) is 2. The van der Waals surface area contributed by atoms with Crippen molar-refractivity contribution in [3.05, 3.63) is 16.3 Å². The zero-order chi connectivity index (χ0) is 8.81. The lowest BCUT2D eigenvalue weighted by Gasteiger charge is -1.94. The second kappa shape index (κ2) is 4.71. The highest BCUT2D eigenvalue weighted by atomic mass is 16.1. The van der Waals surface area contributed by atoms with Crippen molar-refractivity contribution in [1.29, 1.82) is 0 Å². The van der Waals surface area contributed by atoms with Crippen LogP contribution in [0.15, 0.2) is 4.79 Å². The van der Waals surface area contributed by atoms with Gasteiger partial charge in [-0.1, -0.05) is 6.42 Å². The fourth-order valence-electron chi connectivity index (χ4n) is 1.04. The summed E-state index contributed by atoms with van der Waals surface area (Å²) in [6, 6.07) is 0. The number of hydrogen-bond acceptors (Lipinski definition) is 3. The molecule has 0 aliphatic carbocycles. The van der Waals surface area contributed by atoms with Crippen LogP contribution in [0.3, 0.4) is 0 Å². The summed E-state index contributed by atoms with van der Waals surface area (Å²) >= 11 is 0. The fraction of sp³-hybridized carbons (Fsp3) is 0.714. The van der Waals surface area contributed by atoms with Crippen LogP contribution in [0.5, 0.6) is 0 Å². The van der Waals surface area contributed by atoms with Gasteiger partial charge >= 0.3 is 5.69 Å². The van der Waals surface area contributed by atoms with Crippen molar-refractivity contribution in [3.8, 4) is 0 Å². The number of unbranched alkanes of at least 4 members (excludes halogenated alkanes) is 2. The summed E-state index contributed by atoms with van der Waals surface area (Å²) in [5.74, 6) is 0.733. The van der Waals surface area contributed by atoms with E-state index in [2.05, 4.69) is 15.2 Å². The highest BCUT2D eigenvalue weighted by Gasteiger charge is 1.96. The van der Waals surface area contributed by atoms with Gasteiger partial charge in [-0.25, -0.2) is 9.89 Å². The number of aromatic amines is 2. The van der Waals surface area contributed by atoms with Crippen molar-refractivity contribution >= 4 is 0 Å². The Morgan fingerprint density at radius 3 is 2.75 bits per heavy atom. The van der Waals surface area contributed by atoms with Crippen LogP contribution >= 0.6 is 0 Å². The molecule has 0 radical (unpaired) electrons. The van der Waals surface area contributed by atoms with Gasteiger partial charge in [0, 0.05) is 6.42 Å². The third-order valence-electron chi connectivity index (χ3n) is 1.67. The fourth-order valence-corrected chi connectivity index (χ4v) is 1.04. The molecule has 1 aromatic rings. The molecule has 0 aliphatic rings. The maximum atomic E-state index is 10.6. The molecule has 1 heterocycles. The minimum Gasteiger partial charge on any atom is -0.330 e. The van der Waals surface area contributed by atoms with E-state index in [-0.39, 0.29) is 5.69 Å². The molecule has 0 unspecified atom stereocenters. The summed E-state index contributed by atoms with van der Waals surface area (Å²) in [4.78, 5) is 13.2. The number of aryl methyl sites for hydroxylation is 1. The number of hydrogen-bond donors (Lipinski definition) is 3. The number of nitrogens with zero attached hydrogens (tertiary/aromatic N) is 1. The highest BCUT2D eigenvalue weighted by Crippen LogP contribution is 1.98. The summed E-state index contributed by atoms with van der Waals surface area (Å²) in [6.45, 7) is 0.733. The Morgan fingerprint density at radius 2 is 2.17 bits per heavy atom. The average molecular weight is 170 g/mol. The lowest BCUT2D eigenvalue weighted by molar-refractivity contribution is 0.670. The third-order valence-corrected chi connectivity index (χ3v) is 1.67. The molecular formula is C7H14N4O. The zero-order valence-corrected chi connectivity index (χ0v) is 6.97. The van der Waals surface area contributed by atoms with Gasteiger partial charge in [0.2, 0.25) is 0 Å². The maximum absolute atomic E-state index is 10.6. The standard InChI is InChI=1S/C7H14N4O/c8-5-3-1-2-4-6-9-7(12)11-10-6/h1-5,8H2,(H2,9,10,11,12). The van der Waals surface area contributed by atoms with Gasteiger partial charge < -0.3 is 5.73 Å². The predicted molar refractivity (Wildman–Crippen MR) is 45.8 cm³/mol. The van der Waals surface area contributed by atoms with Crippen molar-refractivity contribution in [2.24, 2.45) is 5.73 Å². The SMILES string of the molecule is NCCCCCc1n[nH]c(=O)[nH]1. The number of rotatable bonds is 5. The van der Waals surface area contributed by atoms with E-state index in [4.69, 9.17) is 5.73 Å². The molecule has 68 valence electrons. The highest BCUT2D eigenvalue weighted by molar-refractivity contribution is 4.79. The summed E-state index contributed by atoms with van der Waals surface area (Å²) < 4.78 is 0. The van der Waals surface area contributed by atoms with E-state index in [1.807, 2.05) is 0 Å². The van der Waals surface area contributed by atoms with Crippen molar-refractivity contribution in [3.63, 3.8) is 0 Å². The Balaban J connectivity index is 2.20. The normalized spacial score (nSPS) is 10.4. The summed E-state index contributed by atoms with van der Waals surface area (Å²) in [5.41, 5.74) is 5.10. The molecule has 1 aromatic heterocycles. The lowest BCUT2D eigenvalue weighted by atomic mass is 10.2. The van der Waals surface area contributed by atoms with E-state index < -0.39 is 0 Å². The molecule has 0 atom stereocenters. The van der Waals surface area contributed by atoms with Crippen LogP contribution in [-0.2, 0) is 6.42 Å². The second-order valence-corrected chi connectivity index (χ2v) is 2.72. The van der Waals surface area contributed by atoms with Gasteiger partial charge in [-0.2, -0.15) is 5.10 Å². The molecule has 5 heteroatoms. The first-order valence-electron chi connectivity index (χ1n) is 4.16. The van der Waals surface area contributed by atoms with Crippen LogP contribution in [0.4, 0.5) is 0 Å². The smallest absolute Gasteiger partial charge is 0.330 e. The number of H-pyrrole nitrogens is 2. The van der Waals surface area contributed by atoms with Gasteiger partial charge in [0.15, 0.2) is 0 Å². The topological polar surface area (TPSA) is 87.6 Å². The van der Waals surface area contributed by atoms with Crippen LogP contribution in [0.25, 0.3) is 0 Å². The maximum Gasteiger partial charge on any atom is 0.340 e. The van der Waals surface area contributed by atoms with Crippen LogP contribution in [0.1, 0.15) is 25.1 Å². The Labute approximate surface area is 70.4 Å². The van der Waals surface area contributed by atoms with Crippen LogP contribution in [0.2, 0.25) is 0 Å². The van der Waals surface area contributed by atoms with Crippen molar-refractivity contribution in [2.45, 2.75) is 25.7 Å². The Morgan fingerprint density at radius 1 is 1.33 bits per heavy atom. The zero-order valence-electron chi connectivity index (χ0n) is 6.97. The second-order valence-electron chi connectivity index (χ2n) is 2.72. The molecule has 0 saturated carbocycles. The van der Waals surface area contributed by atoms with Gasteiger partial charge in [-0.15, -0.1) is 0 Å². The lowest BCUT2D eigenvalue weighted by Crippen LogP contribution is -2.01. The molecular weight excluding hydrogens is 156 g/mol. The first-order valence-corrected chi connectivity index (χ1v) is 4.16. The van der Waals surface area contributed by atoms with Crippen molar-refractivity contribution in [1.82, 2.24) is 15.2 Å². The van der Waals surface area contributed by atoms with Gasteiger partial charge in [0.25, 0.3) is 0 Å². The molecule has 0 fully saturated rings. The van der Waals surface area contributed by atoms with Crippen LogP contribution < -0.4 is 11.4 Å². The van der Waals surface area contributed by atoms with Crippen LogP contribution in [0, 0.1) is 0 Å². The van der Waals surface area contributed by atoms with Gasteiger partial charge in [-0.05, 0) is 19.4 Å². The molecule has 0 bridgehead atoms. The summed E-state index contributed by atoms with van der Waals surface area (Å²) in [7, 11) is 0. The van der Waals surface area contributed by atoms with Crippen molar-refractivity contribution < 1.29 is 0 Å². The molecule has 5 nitrogen and oxygen atoms in total. The van der Waals surface area contributed by atoms with E-state index in [1.54, 1.807) is 0 Å². The average Bonchev–Trinajstić information content (AvgIpc) is 2.45. The summed E-state index contributed by atoms with van der Waals surface area (Å²) in [5, 5.41) is 6.11. The Hall–Kier alpha value is -1.10. The van der Waals surface area contributed by atoms with E-state index in [9.17, 15) is 4.79 Å². The minimum absolute atomic E-state index is 0.233. The Kier molecular flexibility index (Phi) is 3.53. The predicted octanol–water partition coefficient (Wildman–Crippen LogP) is -0.231. The molecule has 12 heavy (non-hydrogen) atoms. The van der Waals surface area contributed by atoms with E-state index in [0.29, 0.717) is 0 Å². The molecule has 0 aliphatic heterocycles. The molecule has 0 spiro atoms. The molecule has 0 saturated heterocycles. The first-order chi connectivity index (χ1) is 5.83. The Bertz CT molecular complexity index is 264. The first kappa shape index (κ1) is 8.99. The van der Waals surface area contributed by atoms with Crippen molar-refractivity contribution in [2.75, 3.05) is 6.54 Å². The summed E-state index contributed by atoms with van der Waals surface area (Å²) in [6.07, 6.45) is 3.97. The van der Waals surface area contributed by atoms with Gasteiger partial charge in [0.1, 0.15) is 5.82 Å². The minimum atomic E-state index is -0.233. The van der Waals surface area contributed by atoms with E-state index in [1.165, 1.54) is 0 Å². The number of nitrogens with two attached hydrogens (primary N) is 1. The van der Waals surface area contributed by atoms with Gasteiger partial charge in [0.05, 0.1) is 0 Å². The molecule has 4 N–H and O–H groups in total. The quantitative estimate of drug-likeness (QED) is 0.533. The monoisotopic (exact) mass is 170 g/mol. The number of aromatic nitrogens is 3. The molecule has 0 aromatic carbocycles. The molecule has 1 rings (SSSR count). The third kappa shape index (κ3) is 2.87.